The monoisotopic (exact) mass is 255 g/mol. The van der Waals surface area contributed by atoms with Gasteiger partial charge in [0.2, 0.25) is 0 Å². The maximum Gasteiger partial charge on any atom is 0.573 e. The normalized spacial score (nSPS) is 11.2. The molecule has 3 N–H and O–H groups in total. The zero-order valence-electron chi connectivity index (χ0n) is 7.51. The van der Waals surface area contributed by atoms with Crippen molar-refractivity contribution >= 4 is 23.3 Å². The van der Waals surface area contributed by atoms with Crippen molar-refractivity contribution in [2.45, 2.75) is 6.36 Å². The summed E-state index contributed by atoms with van der Waals surface area (Å²) in [6, 6.07) is 1.50. The molecule has 4 nitrogen and oxygen atoms in total. The van der Waals surface area contributed by atoms with Crippen molar-refractivity contribution in [1.29, 1.82) is 0 Å². The predicted molar refractivity (Wildman–Crippen MR) is 49.5 cm³/mol. The molecule has 0 amide bonds. The van der Waals surface area contributed by atoms with Crippen molar-refractivity contribution in [2.24, 2.45) is 0 Å². The van der Waals surface area contributed by atoms with E-state index >= 15 is 0 Å². The average molecular weight is 256 g/mol. The number of ether oxygens (including phenoxy) is 1. The molecule has 1 aromatic carbocycles. The Bertz CT molecular complexity index is 433. The smallest absolute Gasteiger partial charge is 0.478 e. The van der Waals surface area contributed by atoms with E-state index in [-0.39, 0.29) is 5.02 Å². The lowest BCUT2D eigenvalue weighted by Crippen LogP contribution is -2.18. The Morgan fingerprint density at radius 1 is 1.44 bits per heavy atom. The highest BCUT2D eigenvalue weighted by Crippen LogP contribution is 2.32. The average Bonchev–Trinajstić information content (AvgIpc) is 2.07. The molecule has 0 aliphatic rings. The lowest BCUT2D eigenvalue weighted by Gasteiger charge is -2.12. The molecule has 0 saturated carbocycles. The Morgan fingerprint density at radius 2 is 2.00 bits per heavy atom. The topological polar surface area (TPSA) is 72.6 Å². The second-order valence-corrected chi connectivity index (χ2v) is 3.13. The number of anilines is 1. The number of carbonyl (C=O) groups is 1. The first kappa shape index (κ1) is 12.4. The van der Waals surface area contributed by atoms with E-state index in [1.807, 2.05) is 0 Å². The Hall–Kier alpha value is -1.63. The molecular weight excluding hydrogens is 251 g/mol. The molecule has 0 aliphatic heterocycles. The van der Waals surface area contributed by atoms with E-state index in [2.05, 4.69) is 4.74 Å². The summed E-state index contributed by atoms with van der Waals surface area (Å²) in [4.78, 5) is 10.6. The van der Waals surface area contributed by atoms with E-state index in [1.54, 1.807) is 0 Å². The zero-order chi connectivity index (χ0) is 12.5. The maximum atomic E-state index is 11.9. The molecule has 0 fully saturated rings. The number of nitrogens with two attached hydrogens (primary N) is 1. The minimum absolute atomic E-state index is 0.264. The van der Waals surface area contributed by atoms with Crippen LogP contribution in [0.2, 0.25) is 5.02 Å². The molecule has 1 rings (SSSR count). The van der Waals surface area contributed by atoms with Gasteiger partial charge >= 0.3 is 12.3 Å². The molecule has 0 atom stereocenters. The zero-order valence-corrected chi connectivity index (χ0v) is 8.26. The van der Waals surface area contributed by atoms with Gasteiger partial charge in [0.15, 0.2) is 5.75 Å². The Kier molecular flexibility index (Phi) is 3.18. The summed E-state index contributed by atoms with van der Waals surface area (Å²) in [5, 5.41) is 8.35. The lowest BCUT2D eigenvalue weighted by molar-refractivity contribution is -0.274. The van der Waals surface area contributed by atoms with Gasteiger partial charge in [-0.1, -0.05) is 11.6 Å². The van der Waals surface area contributed by atoms with Gasteiger partial charge < -0.3 is 15.6 Å². The molecule has 8 heteroatoms. The lowest BCUT2D eigenvalue weighted by atomic mass is 10.2. The third-order valence-electron chi connectivity index (χ3n) is 1.56. The molecule has 0 radical (unpaired) electrons. The molecule has 88 valence electrons. The number of alkyl halides is 3. The molecule has 0 saturated heterocycles. The summed E-state index contributed by atoms with van der Waals surface area (Å²) in [5.41, 5.74) is 4.28. The SMILES string of the molecule is Nc1cc(Cl)c(C(=O)O)cc1OC(F)(F)F. The highest BCUT2D eigenvalue weighted by atomic mass is 35.5. The van der Waals surface area contributed by atoms with Crippen LogP contribution < -0.4 is 10.5 Å². The number of benzene rings is 1. The molecule has 0 heterocycles. The number of hydrogen-bond donors (Lipinski definition) is 2. The van der Waals surface area contributed by atoms with E-state index in [9.17, 15) is 18.0 Å². The Morgan fingerprint density at radius 3 is 2.44 bits per heavy atom. The first-order chi connectivity index (χ1) is 7.20. The highest BCUT2D eigenvalue weighted by molar-refractivity contribution is 6.33. The van der Waals surface area contributed by atoms with Crippen LogP contribution in [-0.4, -0.2) is 17.4 Å². The second-order valence-electron chi connectivity index (χ2n) is 2.72. The van der Waals surface area contributed by atoms with Crippen LogP contribution in [0.3, 0.4) is 0 Å². The molecule has 0 aliphatic carbocycles. The predicted octanol–water partition coefficient (Wildman–Crippen LogP) is 2.52. The van der Waals surface area contributed by atoms with E-state index in [0.717, 1.165) is 6.07 Å². The first-order valence-corrected chi connectivity index (χ1v) is 4.16. The Balaban J connectivity index is 3.20. The van der Waals surface area contributed by atoms with E-state index in [1.165, 1.54) is 0 Å². The van der Waals surface area contributed by atoms with Gasteiger partial charge in [0.25, 0.3) is 0 Å². The van der Waals surface area contributed by atoms with Gasteiger partial charge in [0, 0.05) is 0 Å². The van der Waals surface area contributed by atoms with Crippen molar-refractivity contribution < 1.29 is 27.8 Å². The Labute approximate surface area is 92.4 Å². The van der Waals surface area contributed by atoms with Crippen LogP contribution in [0.5, 0.6) is 5.75 Å². The van der Waals surface area contributed by atoms with Crippen molar-refractivity contribution in [3.63, 3.8) is 0 Å². The summed E-state index contributed by atoms with van der Waals surface area (Å²) in [7, 11) is 0. The number of nitrogen functional groups attached to an aromatic ring is 1. The standard InChI is InChI=1S/C8H5ClF3NO3/c9-4-2-5(13)6(16-8(10,11)12)1-3(4)7(14)15/h1-2H,13H2,(H,14,15). The van der Waals surface area contributed by atoms with E-state index < -0.39 is 29.3 Å². The fraction of sp³-hybridized carbons (Fsp3) is 0.125. The van der Waals surface area contributed by atoms with Gasteiger partial charge in [-0.25, -0.2) is 4.79 Å². The van der Waals surface area contributed by atoms with E-state index in [0.29, 0.717) is 6.07 Å². The van der Waals surface area contributed by atoms with Crippen LogP contribution in [0.25, 0.3) is 0 Å². The van der Waals surface area contributed by atoms with Crippen LogP contribution in [0.4, 0.5) is 18.9 Å². The third-order valence-corrected chi connectivity index (χ3v) is 1.87. The number of carboxylic acids is 1. The van der Waals surface area contributed by atoms with Crippen molar-refractivity contribution in [2.75, 3.05) is 5.73 Å². The largest absolute Gasteiger partial charge is 0.573 e. The quantitative estimate of drug-likeness (QED) is 0.797. The van der Waals surface area contributed by atoms with Crippen LogP contribution in [-0.2, 0) is 0 Å². The fourth-order valence-electron chi connectivity index (χ4n) is 0.946. The van der Waals surface area contributed by atoms with Gasteiger partial charge in [-0.05, 0) is 12.1 Å². The molecule has 1 aromatic rings. The van der Waals surface area contributed by atoms with Gasteiger partial charge in [-0.15, -0.1) is 13.2 Å². The number of carboxylic acid groups (broad SMARTS) is 1. The van der Waals surface area contributed by atoms with Crippen molar-refractivity contribution in [3.05, 3.63) is 22.7 Å². The molecule has 0 bridgehead atoms. The van der Waals surface area contributed by atoms with Crippen molar-refractivity contribution in [3.8, 4) is 5.75 Å². The minimum Gasteiger partial charge on any atom is -0.478 e. The van der Waals surface area contributed by atoms with E-state index in [4.69, 9.17) is 22.4 Å². The highest BCUT2D eigenvalue weighted by Gasteiger charge is 2.32. The molecule has 0 spiro atoms. The molecule has 0 unspecified atom stereocenters. The second kappa shape index (κ2) is 4.09. The molecular formula is C8H5ClF3NO3. The summed E-state index contributed by atoms with van der Waals surface area (Å²) in [6.07, 6.45) is -4.95. The number of hydrogen-bond acceptors (Lipinski definition) is 3. The fourth-order valence-corrected chi connectivity index (χ4v) is 1.20. The van der Waals surface area contributed by atoms with Gasteiger partial charge in [-0.3, -0.25) is 0 Å². The summed E-state index contributed by atoms with van der Waals surface area (Å²) >= 11 is 5.47. The number of rotatable bonds is 2. The summed E-state index contributed by atoms with van der Waals surface area (Å²) < 4.78 is 39.2. The minimum atomic E-state index is -4.95. The molecule has 0 aromatic heterocycles. The van der Waals surface area contributed by atoms with Crippen LogP contribution in [0, 0.1) is 0 Å². The van der Waals surface area contributed by atoms with Crippen molar-refractivity contribution in [1.82, 2.24) is 0 Å². The summed E-state index contributed by atoms with van der Waals surface area (Å²) in [6.45, 7) is 0. The summed E-state index contributed by atoms with van der Waals surface area (Å²) in [5.74, 6) is -2.27. The van der Waals surface area contributed by atoms with Gasteiger partial charge in [-0.2, -0.15) is 0 Å². The number of aromatic carboxylic acids is 1. The van der Waals surface area contributed by atoms with Crippen LogP contribution in [0.1, 0.15) is 10.4 Å². The van der Waals surface area contributed by atoms with Gasteiger partial charge in [0.1, 0.15) is 0 Å². The van der Waals surface area contributed by atoms with Crippen LogP contribution >= 0.6 is 11.6 Å². The third kappa shape index (κ3) is 2.93. The molecule has 16 heavy (non-hydrogen) atoms. The number of halogens is 4. The maximum absolute atomic E-state index is 11.9. The first-order valence-electron chi connectivity index (χ1n) is 3.79. The van der Waals surface area contributed by atoms with Gasteiger partial charge in [0.05, 0.1) is 16.3 Å². The van der Waals surface area contributed by atoms with Crippen LogP contribution in [0.15, 0.2) is 12.1 Å².